The lowest BCUT2D eigenvalue weighted by Crippen LogP contribution is -2.22. The molecule has 2 heterocycles. The van der Waals surface area contributed by atoms with Crippen LogP contribution in [0, 0.1) is 19.7 Å². The van der Waals surface area contributed by atoms with Gasteiger partial charge in [0, 0.05) is 6.92 Å². The van der Waals surface area contributed by atoms with E-state index in [2.05, 4.69) is 15.2 Å². The zero-order valence-electron chi connectivity index (χ0n) is 14.6. The van der Waals surface area contributed by atoms with Gasteiger partial charge in [0.2, 0.25) is 11.8 Å². The van der Waals surface area contributed by atoms with Crippen molar-refractivity contribution in [3.8, 4) is 5.69 Å². The molecule has 0 bridgehead atoms. The maximum Gasteiger partial charge on any atom is 0.266 e. The maximum absolute atomic E-state index is 14.1. The van der Waals surface area contributed by atoms with Gasteiger partial charge in [0.1, 0.15) is 5.82 Å². The predicted octanol–water partition coefficient (Wildman–Crippen LogP) is 3.82. The molecular formula is C19H15FN4O2S. The summed E-state index contributed by atoms with van der Waals surface area (Å²) < 4.78 is 20.9. The molecule has 0 fully saturated rings. The molecule has 6 nitrogen and oxygen atoms in total. The van der Waals surface area contributed by atoms with Crippen molar-refractivity contribution in [2.75, 3.05) is 0 Å². The summed E-state index contributed by atoms with van der Waals surface area (Å²) in [5.74, 6) is 0.868. The standard InChI is InChI=1S/C19H15FN4O2S/c1-11-7-8-13(9-15(11)20)24-18(25)14-5-3-4-6-16(14)21-19(24)27-10-17-23-22-12(2)26-17/h3-9H,10H2,1-2H3. The third-order valence-corrected chi connectivity index (χ3v) is 4.97. The number of hydrogen-bond acceptors (Lipinski definition) is 6. The fourth-order valence-corrected chi connectivity index (χ4v) is 3.53. The highest BCUT2D eigenvalue weighted by atomic mass is 32.2. The minimum Gasteiger partial charge on any atom is -0.425 e. The van der Waals surface area contributed by atoms with E-state index >= 15 is 0 Å². The highest BCUT2D eigenvalue weighted by Crippen LogP contribution is 2.25. The van der Waals surface area contributed by atoms with Gasteiger partial charge in [-0.1, -0.05) is 30.0 Å². The second-order valence-electron chi connectivity index (χ2n) is 5.99. The topological polar surface area (TPSA) is 73.8 Å². The summed E-state index contributed by atoms with van der Waals surface area (Å²) in [7, 11) is 0. The molecule has 0 saturated carbocycles. The van der Waals surface area contributed by atoms with Crippen molar-refractivity contribution in [1.82, 2.24) is 19.7 Å². The van der Waals surface area contributed by atoms with Crippen LogP contribution in [-0.4, -0.2) is 19.7 Å². The van der Waals surface area contributed by atoms with Gasteiger partial charge in [-0.25, -0.2) is 9.37 Å². The number of aryl methyl sites for hydroxylation is 2. The molecule has 4 aromatic rings. The Morgan fingerprint density at radius 1 is 1.15 bits per heavy atom. The first-order valence-electron chi connectivity index (χ1n) is 8.23. The van der Waals surface area contributed by atoms with Crippen LogP contribution in [0.3, 0.4) is 0 Å². The van der Waals surface area contributed by atoms with Crippen molar-refractivity contribution in [2.24, 2.45) is 0 Å². The van der Waals surface area contributed by atoms with Crippen LogP contribution in [0.4, 0.5) is 4.39 Å². The summed E-state index contributed by atoms with van der Waals surface area (Å²) in [5.41, 5.74) is 1.25. The molecule has 0 saturated heterocycles. The number of aromatic nitrogens is 4. The van der Waals surface area contributed by atoms with Crippen molar-refractivity contribution in [3.05, 3.63) is 76.0 Å². The Morgan fingerprint density at radius 2 is 1.96 bits per heavy atom. The van der Waals surface area contributed by atoms with E-state index in [1.54, 1.807) is 44.2 Å². The van der Waals surface area contributed by atoms with Crippen molar-refractivity contribution >= 4 is 22.7 Å². The Balaban J connectivity index is 1.86. The van der Waals surface area contributed by atoms with Crippen molar-refractivity contribution in [1.29, 1.82) is 0 Å². The van der Waals surface area contributed by atoms with Gasteiger partial charge < -0.3 is 4.42 Å². The fourth-order valence-electron chi connectivity index (χ4n) is 2.68. The Kier molecular flexibility index (Phi) is 4.49. The van der Waals surface area contributed by atoms with E-state index in [0.29, 0.717) is 44.8 Å². The number of hydrogen-bond donors (Lipinski definition) is 0. The summed E-state index contributed by atoms with van der Waals surface area (Å²) in [4.78, 5) is 17.7. The second kappa shape index (κ2) is 6.96. The van der Waals surface area contributed by atoms with Gasteiger partial charge in [0.15, 0.2) is 5.16 Å². The third kappa shape index (κ3) is 3.35. The van der Waals surface area contributed by atoms with E-state index in [9.17, 15) is 9.18 Å². The van der Waals surface area contributed by atoms with Crippen LogP contribution in [0.1, 0.15) is 17.3 Å². The Hall–Kier alpha value is -3.00. The molecule has 0 spiro atoms. The van der Waals surface area contributed by atoms with Crippen LogP contribution in [0.5, 0.6) is 0 Å². The second-order valence-corrected chi connectivity index (χ2v) is 6.93. The molecular weight excluding hydrogens is 367 g/mol. The van der Waals surface area contributed by atoms with Crippen LogP contribution in [0.25, 0.3) is 16.6 Å². The van der Waals surface area contributed by atoms with Gasteiger partial charge in [0.05, 0.1) is 22.3 Å². The molecule has 2 aromatic carbocycles. The highest BCUT2D eigenvalue weighted by Gasteiger charge is 2.15. The van der Waals surface area contributed by atoms with E-state index in [-0.39, 0.29) is 11.4 Å². The predicted molar refractivity (Wildman–Crippen MR) is 101 cm³/mol. The number of para-hydroxylation sites is 1. The largest absolute Gasteiger partial charge is 0.425 e. The molecule has 0 unspecified atom stereocenters. The smallest absolute Gasteiger partial charge is 0.266 e. The Labute approximate surface area is 158 Å². The van der Waals surface area contributed by atoms with E-state index in [0.717, 1.165) is 0 Å². The number of nitrogens with zero attached hydrogens (tertiary/aromatic N) is 4. The normalized spacial score (nSPS) is 11.2. The Bertz CT molecular complexity index is 1200. The highest BCUT2D eigenvalue weighted by molar-refractivity contribution is 7.98. The van der Waals surface area contributed by atoms with Crippen LogP contribution < -0.4 is 5.56 Å². The molecule has 0 aliphatic heterocycles. The van der Waals surface area contributed by atoms with Crippen molar-refractivity contribution in [2.45, 2.75) is 24.8 Å². The van der Waals surface area contributed by atoms with Crippen LogP contribution in [0.15, 0.2) is 56.8 Å². The minimum absolute atomic E-state index is 0.256. The Morgan fingerprint density at radius 3 is 2.70 bits per heavy atom. The molecule has 0 aliphatic rings. The summed E-state index contributed by atoms with van der Waals surface area (Å²) in [6, 6.07) is 11.8. The molecule has 4 rings (SSSR count). The van der Waals surface area contributed by atoms with Gasteiger partial charge in [-0.15, -0.1) is 10.2 Å². The van der Waals surface area contributed by atoms with Crippen molar-refractivity contribution < 1.29 is 8.81 Å². The molecule has 2 aromatic heterocycles. The van der Waals surface area contributed by atoms with E-state index in [1.807, 2.05) is 6.07 Å². The monoisotopic (exact) mass is 382 g/mol. The lowest BCUT2D eigenvalue weighted by Gasteiger charge is -2.13. The van der Waals surface area contributed by atoms with Gasteiger partial charge >= 0.3 is 0 Å². The van der Waals surface area contributed by atoms with E-state index < -0.39 is 0 Å². The van der Waals surface area contributed by atoms with Crippen LogP contribution in [0.2, 0.25) is 0 Å². The first-order chi connectivity index (χ1) is 13.0. The SMILES string of the molecule is Cc1nnc(CSc2nc3ccccc3c(=O)n2-c2ccc(C)c(F)c2)o1. The summed E-state index contributed by atoms with van der Waals surface area (Å²) in [6.45, 7) is 3.38. The number of rotatable bonds is 4. The number of benzene rings is 2. The number of fused-ring (bicyclic) bond motifs is 1. The minimum atomic E-state index is -0.379. The third-order valence-electron chi connectivity index (χ3n) is 4.05. The average molecular weight is 382 g/mol. The lowest BCUT2D eigenvalue weighted by molar-refractivity contribution is 0.485. The molecule has 0 radical (unpaired) electrons. The first-order valence-corrected chi connectivity index (χ1v) is 9.21. The molecule has 0 N–H and O–H groups in total. The fraction of sp³-hybridized carbons (Fsp3) is 0.158. The lowest BCUT2D eigenvalue weighted by atomic mass is 10.2. The van der Waals surface area contributed by atoms with Crippen LogP contribution in [-0.2, 0) is 5.75 Å². The van der Waals surface area contributed by atoms with E-state index in [4.69, 9.17) is 4.42 Å². The van der Waals surface area contributed by atoms with Crippen LogP contribution >= 0.6 is 11.8 Å². The molecule has 0 amide bonds. The summed E-state index contributed by atoms with van der Waals surface area (Å²) >= 11 is 1.28. The van der Waals surface area contributed by atoms with Gasteiger partial charge in [-0.3, -0.25) is 9.36 Å². The number of thioether (sulfide) groups is 1. The zero-order chi connectivity index (χ0) is 19.0. The summed E-state index contributed by atoms with van der Waals surface area (Å²) in [5, 5.41) is 8.66. The quantitative estimate of drug-likeness (QED) is 0.395. The molecule has 8 heteroatoms. The molecule has 136 valence electrons. The van der Waals surface area contributed by atoms with Gasteiger partial charge in [-0.2, -0.15) is 0 Å². The van der Waals surface area contributed by atoms with Crippen molar-refractivity contribution in [3.63, 3.8) is 0 Å². The molecule has 27 heavy (non-hydrogen) atoms. The van der Waals surface area contributed by atoms with E-state index in [1.165, 1.54) is 22.4 Å². The molecule has 0 atom stereocenters. The zero-order valence-corrected chi connectivity index (χ0v) is 15.5. The average Bonchev–Trinajstić information content (AvgIpc) is 3.08. The maximum atomic E-state index is 14.1. The van der Waals surface area contributed by atoms with Gasteiger partial charge in [0.25, 0.3) is 5.56 Å². The molecule has 0 aliphatic carbocycles. The number of halogens is 1. The first kappa shape index (κ1) is 17.4. The summed E-state index contributed by atoms with van der Waals surface area (Å²) in [6.07, 6.45) is 0. The van der Waals surface area contributed by atoms with Gasteiger partial charge in [-0.05, 0) is 36.8 Å².